The minimum atomic E-state index is -0.401. The van der Waals surface area contributed by atoms with Crippen LogP contribution in [0.15, 0.2) is 48.7 Å². The molecule has 6 nitrogen and oxygen atoms in total. The first-order valence-corrected chi connectivity index (χ1v) is 9.95. The van der Waals surface area contributed by atoms with Crippen molar-refractivity contribution in [1.82, 2.24) is 9.88 Å². The van der Waals surface area contributed by atoms with Crippen molar-refractivity contribution >= 4 is 5.91 Å². The molecule has 0 saturated carbocycles. The zero-order valence-corrected chi connectivity index (χ0v) is 15.8. The van der Waals surface area contributed by atoms with E-state index in [1.165, 1.54) is 0 Å². The van der Waals surface area contributed by atoms with Crippen molar-refractivity contribution in [2.24, 2.45) is 5.92 Å². The molecule has 2 fully saturated rings. The van der Waals surface area contributed by atoms with Crippen LogP contribution in [0.2, 0.25) is 0 Å². The lowest BCUT2D eigenvalue weighted by molar-refractivity contribution is -0.171. The van der Waals surface area contributed by atoms with Gasteiger partial charge in [-0.15, -0.1) is 0 Å². The lowest BCUT2D eigenvalue weighted by Crippen LogP contribution is -2.67. The SMILES string of the molecule is O=C([C@@H]1Cc2ccccc2O1)N1CC2(C1)OCC[C@@H]2CCOc1ccccn1. The highest BCUT2D eigenvalue weighted by Gasteiger charge is 2.55. The smallest absolute Gasteiger partial charge is 0.264 e. The highest BCUT2D eigenvalue weighted by atomic mass is 16.5. The van der Waals surface area contributed by atoms with Crippen molar-refractivity contribution in [3.05, 3.63) is 54.2 Å². The van der Waals surface area contributed by atoms with Crippen LogP contribution in [0, 0.1) is 5.92 Å². The molecule has 2 atom stereocenters. The van der Waals surface area contributed by atoms with Crippen LogP contribution >= 0.6 is 0 Å². The quantitative estimate of drug-likeness (QED) is 0.798. The predicted octanol–water partition coefficient (Wildman–Crippen LogP) is 2.47. The summed E-state index contributed by atoms with van der Waals surface area (Å²) in [6, 6.07) is 13.5. The molecule has 2 aromatic rings. The third-order valence-corrected chi connectivity index (χ3v) is 6.11. The average molecular weight is 380 g/mol. The Morgan fingerprint density at radius 3 is 2.89 bits per heavy atom. The van der Waals surface area contributed by atoms with Gasteiger partial charge in [0.1, 0.15) is 11.4 Å². The molecule has 4 heterocycles. The Kier molecular flexibility index (Phi) is 4.43. The normalized spacial score (nSPS) is 24.5. The maximum Gasteiger partial charge on any atom is 0.264 e. The zero-order valence-electron chi connectivity index (χ0n) is 15.8. The molecule has 0 N–H and O–H groups in total. The van der Waals surface area contributed by atoms with Gasteiger partial charge in [0, 0.05) is 25.3 Å². The van der Waals surface area contributed by atoms with Gasteiger partial charge in [0.05, 0.1) is 19.7 Å². The fourth-order valence-corrected chi connectivity index (χ4v) is 4.56. The summed E-state index contributed by atoms with van der Waals surface area (Å²) in [5.74, 6) is 1.96. The van der Waals surface area contributed by atoms with Crippen LogP contribution in [0.4, 0.5) is 0 Å². The van der Waals surface area contributed by atoms with Gasteiger partial charge in [-0.3, -0.25) is 4.79 Å². The Bertz CT molecular complexity index is 826. The lowest BCUT2D eigenvalue weighted by Gasteiger charge is -2.50. The highest BCUT2D eigenvalue weighted by molar-refractivity contribution is 5.83. The molecule has 1 aromatic heterocycles. The standard InChI is InChI=1S/C22H24N2O4/c25-21(19-13-16-5-1-2-6-18(16)28-19)24-14-22(15-24)17(9-12-27-22)8-11-26-20-7-3-4-10-23-20/h1-7,10,17,19H,8-9,11-15H2/t17-,19-/m0/s1. The molecule has 1 amide bonds. The van der Waals surface area contributed by atoms with Gasteiger partial charge in [-0.2, -0.15) is 0 Å². The number of benzene rings is 1. The molecule has 3 aliphatic heterocycles. The summed E-state index contributed by atoms with van der Waals surface area (Å²) in [5.41, 5.74) is 0.895. The average Bonchev–Trinajstić information content (AvgIpc) is 3.31. The van der Waals surface area contributed by atoms with Gasteiger partial charge in [-0.25, -0.2) is 4.98 Å². The van der Waals surface area contributed by atoms with E-state index in [-0.39, 0.29) is 11.5 Å². The molecule has 6 heteroatoms. The molecule has 0 unspecified atom stereocenters. The van der Waals surface area contributed by atoms with E-state index in [1.54, 1.807) is 6.20 Å². The van der Waals surface area contributed by atoms with Crippen molar-refractivity contribution < 1.29 is 19.0 Å². The maximum atomic E-state index is 12.9. The fourth-order valence-electron chi connectivity index (χ4n) is 4.56. The Morgan fingerprint density at radius 1 is 1.21 bits per heavy atom. The number of pyridine rings is 1. The van der Waals surface area contributed by atoms with Gasteiger partial charge in [0.2, 0.25) is 5.88 Å². The summed E-state index contributed by atoms with van der Waals surface area (Å²) in [6.45, 7) is 2.66. The van der Waals surface area contributed by atoms with Crippen LogP contribution in [-0.2, 0) is 16.0 Å². The maximum absolute atomic E-state index is 12.9. The van der Waals surface area contributed by atoms with Crippen molar-refractivity contribution in [1.29, 1.82) is 0 Å². The summed E-state index contributed by atoms with van der Waals surface area (Å²) in [4.78, 5) is 18.9. The second-order valence-corrected chi connectivity index (χ2v) is 7.82. The molecule has 28 heavy (non-hydrogen) atoms. The number of carbonyl (C=O) groups is 1. The molecular weight excluding hydrogens is 356 g/mol. The molecule has 3 aliphatic rings. The molecule has 1 spiro atoms. The molecule has 0 bridgehead atoms. The van der Waals surface area contributed by atoms with Gasteiger partial charge in [-0.05, 0) is 36.5 Å². The largest absolute Gasteiger partial charge is 0.480 e. The van der Waals surface area contributed by atoms with Gasteiger partial charge in [0.15, 0.2) is 6.10 Å². The molecule has 146 valence electrons. The molecule has 1 aromatic carbocycles. The van der Waals surface area contributed by atoms with Gasteiger partial charge in [0.25, 0.3) is 5.91 Å². The lowest BCUT2D eigenvalue weighted by atomic mass is 9.79. The second-order valence-electron chi connectivity index (χ2n) is 7.82. The molecule has 0 aliphatic carbocycles. The predicted molar refractivity (Wildman–Crippen MR) is 102 cm³/mol. The number of nitrogens with zero attached hydrogens (tertiary/aromatic N) is 2. The number of para-hydroxylation sites is 1. The third-order valence-electron chi connectivity index (χ3n) is 6.11. The first-order chi connectivity index (χ1) is 13.7. The number of amides is 1. The Morgan fingerprint density at radius 2 is 2.07 bits per heavy atom. The van der Waals surface area contributed by atoms with Gasteiger partial charge >= 0.3 is 0 Å². The topological polar surface area (TPSA) is 60.9 Å². The number of hydrogen-bond donors (Lipinski definition) is 0. The third kappa shape index (κ3) is 3.11. The van der Waals surface area contributed by atoms with Crippen LogP contribution in [0.3, 0.4) is 0 Å². The van der Waals surface area contributed by atoms with Crippen molar-refractivity contribution in [2.45, 2.75) is 31.0 Å². The van der Waals surface area contributed by atoms with Crippen LogP contribution in [0.1, 0.15) is 18.4 Å². The van der Waals surface area contributed by atoms with Gasteiger partial charge in [-0.1, -0.05) is 24.3 Å². The Hall–Kier alpha value is -2.60. The number of fused-ring (bicyclic) bond motifs is 1. The van der Waals surface area contributed by atoms with Crippen molar-refractivity contribution in [2.75, 3.05) is 26.3 Å². The monoisotopic (exact) mass is 380 g/mol. The number of carbonyl (C=O) groups excluding carboxylic acids is 1. The van der Waals surface area contributed by atoms with E-state index in [4.69, 9.17) is 14.2 Å². The first-order valence-electron chi connectivity index (χ1n) is 9.95. The summed E-state index contributed by atoms with van der Waals surface area (Å²) in [5, 5.41) is 0. The Balaban J connectivity index is 1.14. The summed E-state index contributed by atoms with van der Waals surface area (Å²) >= 11 is 0. The molecule has 0 radical (unpaired) electrons. The highest BCUT2D eigenvalue weighted by Crippen LogP contribution is 2.42. The van der Waals surface area contributed by atoms with Gasteiger partial charge < -0.3 is 19.1 Å². The number of hydrogen-bond acceptors (Lipinski definition) is 5. The summed E-state index contributed by atoms with van der Waals surface area (Å²) in [6.07, 6.45) is 3.90. The van der Waals surface area contributed by atoms with E-state index >= 15 is 0 Å². The Labute approximate surface area is 164 Å². The van der Waals surface area contributed by atoms with E-state index in [2.05, 4.69) is 4.98 Å². The summed E-state index contributed by atoms with van der Waals surface area (Å²) in [7, 11) is 0. The number of likely N-dealkylation sites (tertiary alicyclic amines) is 1. The second kappa shape index (κ2) is 7.09. The van der Waals surface area contributed by atoms with Crippen molar-refractivity contribution in [3.63, 3.8) is 0 Å². The van der Waals surface area contributed by atoms with E-state index in [1.807, 2.05) is 47.4 Å². The molecular formula is C22H24N2O4. The van der Waals surface area contributed by atoms with Crippen LogP contribution in [-0.4, -0.2) is 53.8 Å². The van der Waals surface area contributed by atoms with Crippen molar-refractivity contribution in [3.8, 4) is 11.6 Å². The van der Waals surface area contributed by atoms with Crippen LogP contribution in [0.5, 0.6) is 11.6 Å². The minimum absolute atomic E-state index is 0.0702. The van der Waals surface area contributed by atoms with Crippen LogP contribution < -0.4 is 9.47 Å². The fraction of sp³-hybridized carbons (Fsp3) is 0.455. The number of ether oxygens (including phenoxy) is 3. The first kappa shape index (κ1) is 17.5. The van der Waals surface area contributed by atoms with Crippen LogP contribution in [0.25, 0.3) is 0 Å². The van der Waals surface area contributed by atoms with E-state index in [0.29, 0.717) is 37.9 Å². The number of aromatic nitrogens is 1. The minimum Gasteiger partial charge on any atom is -0.480 e. The van der Waals surface area contributed by atoms with E-state index < -0.39 is 6.10 Å². The molecule has 2 saturated heterocycles. The number of rotatable bonds is 5. The summed E-state index contributed by atoms with van der Waals surface area (Å²) < 4.78 is 17.7. The van der Waals surface area contributed by atoms with E-state index in [0.717, 1.165) is 30.8 Å². The van der Waals surface area contributed by atoms with E-state index in [9.17, 15) is 4.79 Å². The zero-order chi connectivity index (χ0) is 19.0. The molecule has 5 rings (SSSR count).